The Bertz CT molecular complexity index is 3250. The second kappa shape index (κ2) is 10.2. The summed E-state index contributed by atoms with van der Waals surface area (Å²) < 4.78 is 7.00. The number of fused-ring (bicyclic) bond motifs is 12. The largest absolute Gasteiger partial charge is 0.307 e. The number of hydrogen-bond donors (Lipinski definition) is 0. The predicted octanol–water partition coefficient (Wildman–Crippen LogP) is 12.3. The molecule has 0 bridgehead atoms. The maximum absolute atomic E-state index is 11.0. The van der Waals surface area contributed by atoms with E-state index in [-0.39, 0.29) is 5.41 Å². The molecule has 52 heavy (non-hydrogen) atoms. The van der Waals surface area contributed by atoms with Crippen molar-refractivity contribution >= 4 is 75.1 Å². The zero-order valence-corrected chi connectivity index (χ0v) is 29.2. The van der Waals surface area contributed by atoms with Gasteiger partial charge in [-0.05, 0) is 76.9 Å². The number of nitriles is 2. The van der Waals surface area contributed by atoms with Crippen LogP contribution in [0.4, 0.5) is 0 Å². The molecule has 11 rings (SSSR count). The van der Waals surface area contributed by atoms with Crippen LogP contribution in [0.2, 0.25) is 0 Å². The van der Waals surface area contributed by atoms with Gasteiger partial charge in [0, 0.05) is 47.1 Å². The standard InChI is InChI=1S/C47H28N4S/c1-47(2)37-15-7-3-11-29(37)33-21-34-35-22-36-32-14-6-10-18-44(32)52-45(36)24-42(35)51(41(34)23-38(33)47)46-28(26-49)19-27(25-48)20-43(46)50-39-16-8-4-12-30(39)31-13-5-9-17-40(31)50/h3-24H,1-2H3. The van der Waals surface area contributed by atoms with E-state index < -0.39 is 0 Å². The van der Waals surface area contributed by atoms with Crippen molar-refractivity contribution in [2.24, 2.45) is 0 Å². The van der Waals surface area contributed by atoms with Gasteiger partial charge in [-0.3, -0.25) is 0 Å². The lowest BCUT2D eigenvalue weighted by atomic mass is 9.82. The Morgan fingerprint density at radius 3 is 1.90 bits per heavy atom. The van der Waals surface area contributed by atoms with Crippen molar-refractivity contribution < 1.29 is 0 Å². The molecule has 242 valence electrons. The van der Waals surface area contributed by atoms with Crippen molar-refractivity contribution in [2.45, 2.75) is 19.3 Å². The van der Waals surface area contributed by atoms with Gasteiger partial charge >= 0.3 is 0 Å². The first-order valence-corrected chi connectivity index (χ1v) is 18.3. The van der Waals surface area contributed by atoms with Crippen LogP contribution in [0, 0.1) is 22.7 Å². The van der Waals surface area contributed by atoms with Gasteiger partial charge in [0.05, 0.1) is 50.6 Å². The monoisotopic (exact) mass is 680 g/mol. The van der Waals surface area contributed by atoms with Crippen LogP contribution in [0.15, 0.2) is 133 Å². The van der Waals surface area contributed by atoms with Gasteiger partial charge < -0.3 is 9.13 Å². The molecule has 0 spiro atoms. The summed E-state index contributed by atoms with van der Waals surface area (Å²) in [6.45, 7) is 4.62. The molecule has 0 amide bonds. The summed E-state index contributed by atoms with van der Waals surface area (Å²) in [5.41, 5.74) is 11.5. The molecule has 4 nitrogen and oxygen atoms in total. The van der Waals surface area contributed by atoms with Crippen molar-refractivity contribution in [1.29, 1.82) is 10.5 Å². The molecule has 5 heteroatoms. The van der Waals surface area contributed by atoms with E-state index in [0.717, 1.165) is 55.0 Å². The average Bonchev–Trinajstić information content (AvgIpc) is 3.87. The lowest BCUT2D eigenvalue weighted by Crippen LogP contribution is -2.15. The van der Waals surface area contributed by atoms with Crippen LogP contribution in [0.5, 0.6) is 0 Å². The van der Waals surface area contributed by atoms with E-state index in [1.165, 1.54) is 42.4 Å². The Morgan fingerprint density at radius 2 is 1.15 bits per heavy atom. The summed E-state index contributed by atoms with van der Waals surface area (Å²) in [4.78, 5) is 0. The summed E-state index contributed by atoms with van der Waals surface area (Å²) in [5, 5.41) is 28.3. The first-order valence-electron chi connectivity index (χ1n) is 17.5. The van der Waals surface area contributed by atoms with Crippen molar-refractivity contribution in [3.05, 3.63) is 156 Å². The van der Waals surface area contributed by atoms with Crippen LogP contribution >= 0.6 is 11.3 Å². The average molecular weight is 681 g/mol. The zero-order chi connectivity index (χ0) is 34.9. The molecule has 7 aromatic carbocycles. The smallest absolute Gasteiger partial charge is 0.101 e. The first kappa shape index (κ1) is 29.1. The fraction of sp³-hybridized carbons (Fsp3) is 0.0638. The molecule has 0 saturated heterocycles. The molecule has 0 N–H and O–H groups in total. The third kappa shape index (κ3) is 3.68. The molecule has 0 unspecified atom stereocenters. The van der Waals surface area contributed by atoms with Crippen molar-refractivity contribution in [1.82, 2.24) is 9.13 Å². The number of nitrogens with zero attached hydrogens (tertiary/aromatic N) is 4. The lowest BCUT2D eigenvalue weighted by Gasteiger charge is -2.22. The first-order chi connectivity index (χ1) is 25.5. The Morgan fingerprint density at radius 1 is 0.500 bits per heavy atom. The topological polar surface area (TPSA) is 57.4 Å². The molecule has 0 fully saturated rings. The molecule has 0 aliphatic heterocycles. The summed E-state index contributed by atoms with van der Waals surface area (Å²) in [5.74, 6) is 0. The number of aromatic nitrogens is 2. The van der Waals surface area contributed by atoms with Gasteiger partial charge in [0.25, 0.3) is 0 Å². The van der Waals surface area contributed by atoms with Crippen molar-refractivity contribution in [3.63, 3.8) is 0 Å². The molecular weight excluding hydrogens is 653 g/mol. The van der Waals surface area contributed by atoms with Gasteiger partial charge in [0.1, 0.15) is 6.07 Å². The van der Waals surface area contributed by atoms with Crippen LogP contribution in [0.3, 0.4) is 0 Å². The minimum absolute atomic E-state index is 0.212. The number of benzene rings is 7. The highest BCUT2D eigenvalue weighted by Gasteiger charge is 2.36. The molecule has 1 aliphatic carbocycles. The van der Waals surface area contributed by atoms with Crippen LogP contribution in [-0.2, 0) is 5.41 Å². The maximum Gasteiger partial charge on any atom is 0.101 e. The van der Waals surface area contributed by atoms with E-state index in [0.29, 0.717) is 11.1 Å². The second-order valence-corrected chi connectivity index (χ2v) is 15.5. The third-order valence-corrected chi connectivity index (χ3v) is 12.5. The van der Waals surface area contributed by atoms with Crippen molar-refractivity contribution in [3.8, 4) is 34.6 Å². The van der Waals surface area contributed by atoms with Crippen molar-refractivity contribution in [2.75, 3.05) is 0 Å². The molecule has 0 atom stereocenters. The normalized spacial score (nSPS) is 13.3. The highest BCUT2D eigenvalue weighted by Crippen LogP contribution is 2.52. The fourth-order valence-corrected chi connectivity index (χ4v) is 10.1. The van der Waals surface area contributed by atoms with E-state index in [9.17, 15) is 10.5 Å². The van der Waals surface area contributed by atoms with E-state index in [1.807, 2.05) is 6.07 Å². The van der Waals surface area contributed by atoms with Gasteiger partial charge in [-0.15, -0.1) is 11.3 Å². The predicted molar refractivity (Wildman–Crippen MR) is 215 cm³/mol. The highest BCUT2D eigenvalue weighted by molar-refractivity contribution is 7.25. The summed E-state index contributed by atoms with van der Waals surface area (Å²) >= 11 is 1.80. The van der Waals surface area contributed by atoms with Gasteiger partial charge in [-0.2, -0.15) is 10.5 Å². The van der Waals surface area contributed by atoms with Gasteiger partial charge in [0.15, 0.2) is 0 Å². The van der Waals surface area contributed by atoms with E-state index in [4.69, 9.17) is 0 Å². The van der Waals surface area contributed by atoms with Crippen LogP contribution in [0.25, 0.3) is 86.3 Å². The molecule has 3 heterocycles. The maximum atomic E-state index is 11.0. The quantitative estimate of drug-likeness (QED) is 0.182. The number of para-hydroxylation sites is 2. The number of rotatable bonds is 2. The molecular formula is C47H28N4S. The second-order valence-electron chi connectivity index (χ2n) is 14.4. The molecule has 3 aromatic heterocycles. The van der Waals surface area contributed by atoms with Gasteiger partial charge in [0.2, 0.25) is 0 Å². The Labute approximate surface area is 303 Å². The molecule has 10 aromatic rings. The summed E-state index contributed by atoms with van der Waals surface area (Å²) in [6, 6.07) is 52.2. The lowest BCUT2D eigenvalue weighted by molar-refractivity contribution is 0.661. The van der Waals surface area contributed by atoms with Gasteiger partial charge in [-0.25, -0.2) is 0 Å². The molecule has 0 radical (unpaired) electrons. The Hall–Kier alpha value is -6.66. The van der Waals surface area contributed by atoms with Crippen LogP contribution in [-0.4, -0.2) is 9.13 Å². The van der Waals surface area contributed by atoms with E-state index in [1.54, 1.807) is 17.4 Å². The zero-order valence-electron chi connectivity index (χ0n) is 28.4. The fourth-order valence-electron chi connectivity index (χ4n) is 9.03. The Balaban J connectivity index is 1.36. The van der Waals surface area contributed by atoms with E-state index in [2.05, 4.69) is 156 Å². The summed E-state index contributed by atoms with van der Waals surface area (Å²) in [7, 11) is 0. The SMILES string of the molecule is CC1(C)c2ccccc2-c2cc3c4cc5c(cc4n(-c4c(C#N)cc(C#N)cc4-n4c6ccccc6c6ccccc64)c3cc21)sc1ccccc15. The van der Waals surface area contributed by atoms with E-state index >= 15 is 0 Å². The van der Waals surface area contributed by atoms with Crippen LogP contribution in [0.1, 0.15) is 36.1 Å². The van der Waals surface area contributed by atoms with Crippen LogP contribution < -0.4 is 0 Å². The van der Waals surface area contributed by atoms with Gasteiger partial charge in [-0.1, -0.05) is 92.7 Å². The minimum atomic E-state index is -0.212. The molecule has 1 aliphatic rings. The summed E-state index contributed by atoms with van der Waals surface area (Å²) in [6.07, 6.45) is 0. The number of thiophene rings is 1. The molecule has 0 saturated carbocycles. The Kier molecular flexibility index (Phi) is 5.71. The number of hydrogen-bond acceptors (Lipinski definition) is 3. The minimum Gasteiger partial charge on any atom is -0.307 e. The highest BCUT2D eigenvalue weighted by atomic mass is 32.1. The third-order valence-electron chi connectivity index (χ3n) is 11.4.